The molecule has 0 unspecified atom stereocenters. The van der Waals surface area contributed by atoms with Gasteiger partial charge in [0.15, 0.2) is 0 Å². The minimum atomic E-state index is -0.135. The quantitative estimate of drug-likeness (QED) is 0.571. The lowest BCUT2D eigenvalue weighted by Crippen LogP contribution is -2.48. The monoisotopic (exact) mass is 421 g/mol. The molecule has 0 bridgehead atoms. The largest absolute Gasteiger partial charge is 0.497 e. The minimum Gasteiger partial charge on any atom is -0.497 e. The molecule has 1 aliphatic rings. The Hall–Kier alpha value is -2.22. The molecular weight excluding hydrogens is 398 g/mol. The zero-order chi connectivity index (χ0) is 19.1. The first-order chi connectivity index (χ1) is 13.2. The van der Waals surface area contributed by atoms with Crippen LogP contribution in [0.25, 0.3) is 0 Å². The molecule has 3 N–H and O–H groups in total. The van der Waals surface area contributed by atoms with Crippen LogP contribution in [0.1, 0.15) is 10.4 Å². The fraction of sp³-hybridized carbons (Fsp3) is 0.300. The Kier molecular flexibility index (Phi) is 8.63. The van der Waals surface area contributed by atoms with Gasteiger partial charge < -0.3 is 20.7 Å². The Morgan fingerprint density at radius 1 is 1.18 bits per heavy atom. The standard InChI is InChI=1S/C20H23N3O3S.ClH/c1-26-16-6-4-5-15(9-16)23-19(24)13-27-18-8-3-2-7-17(18)20(25)22-12-14-10-21-11-14;/h2-9,14,21H,10-13H2,1H3,(H,22,25)(H,23,24);1H. The average molecular weight is 422 g/mol. The molecule has 0 saturated carbocycles. The first-order valence-electron chi connectivity index (χ1n) is 8.80. The molecule has 2 aromatic rings. The van der Waals surface area contributed by atoms with Crippen molar-refractivity contribution in [1.29, 1.82) is 0 Å². The number of ether oxygens (including phenoxy) is 1. The molecule has 0 aromatic heterocycles. The summed E-state index contributed by atoms with van der Waals surface area (Å²) in [6.45, 7) is 2.56. The fourth-order valence-electron chi connectivity index (χ4n) is 2.65. The smallest absolute Gasteiger partial charge is 0.252 e. The zero-order valence-corrected chi connectivity index (χ0v) is 17.2. The summed E-state index contributed by atoms with van der Waals surface area (Å²) in [5.41, 5.74) is 1.28. The van der Waals surface area contributed by atoms with E-state index in [-0.39, 0.29) is 30.0 Å². The lowest BCUT2D eigenvalue weighted by molar-refractivity contribution is -0.113. The first kappa shape index (κ1) is 22.1. The summed E-state index contributed by atoms with van der Waals surface area (Å²) >= 11 is 1.35. The number of benzene rings is 2. The van der Waals surface area contributed by atoms with Gasteiger partial charge in [0.05, 0.1) is 18.4 Å². The van der Waals surface area contributed by atoms with Crippen molar-refractivity contribution in [2.24, 2.45) is 5.92 Å². The fourth-order valence-corrected chi connectivity index (χ4v) is 3.50. The Bertz CT molecular complexity index is 815. The maximum atomic E-state index is 12.5. The average Bonchev–Trinajstić information content (AvgIpc) is 2.65. The second-order valence-electron chi connectivity index (χ2n) is 6.30. The van der Waals surface area contributed by atoms with Crippen molar-refractivity contribution in [3.05, 3.63) is 54.1 Å². The molecule has 0 aliphatic carbocycles. The number of thioether (sulfide) groups is 1. The van der Waals surface area contributed by atoms with Crippen LogP contribution in [-0.2, 0) is 4.79 Å². The molecule has 150 valence electrons. The van der Waals surface area contributed by atoms with Crippen molar-refractivity contribution in [3.63, 3.8) is 0 Å². The number of rotatable bonds is 8. The van der Waals surface area contributed by atoms with Crippen LogP contribution in [0, 0.1) is 5.92 Å². The number of hydrogen-bond acceptors (Lipinski definition) is 5. The van der Waals surface area contributed by atoms with Crippen LogP contribution in [0.2, 0.25) is 0 Å². The third-order valence-electron chi connectivity index (χ3n) is 4.26. The van der Waals surface area contributed by atoms with Crippen molar-refractivity contribution in [2.45, 2.75) is 4.90 Å². The highest BCUT2D eigenvalue weighted by Gasteiger charge is 2.19. The third-order valence-corrected chi connectivity index (χ3v) is 5.33. The van der Waals surface area contributed by atoms with Gasteiger partial charge in [-0.3, -0.25) is 9.59 Å². The topological polar surface area (TPSA) is 79.5 Å². The second-order valence-corrected chi connectivity index (χ2v) is 7.32. The van der Waals surface area contributed by atoms with E-state index in [9.17, 15) is 9.59 Å². The van der Waals surface area contributed by atoms with Crippen LogP contribution in [-0.4, -0.2) is 44.3 Å². The molecule has 6 nitrogen and oxygen atoms in total. The van der Waals surface area contributed by atoms with E-state index >= 15 is 0 Å². The van der Waals surface area contributed by atoms with Crippen molar-refractivity contribution in [3.8, 4) is 5.75 Å². The molecule has 8 heteroatoms. The highest BCUT2D eigenvalue weighted by molar-refractivity contribution is 8.00. The minimum absolute atomic E-state index is 0. The summed E-state index contributed by atoms with van der Waals surface area (Å²) in [7, 11) is 1.58. The van der Waals surface area contributed by atoms with Crippen LogP contribution >= 0.6 is 24.2 Å². The number of carbonyl (C=O) groups is 2. The van der Waals surface area contributed by atoms with Gasteiger partial charge >= 0.3 is 0 Å². The molecule has 28 heavy (non-hydrogen) atoms. The predicted octanol–water partition coefficient (Wildman–Crippen LogP) is 2.80. The molecule has 2 aromatic carbocycles. The van der Waals surface area contributed by atoms with E-state index in [1.54, 1.807) is 19.2 Å². The van der Waals surface area contributed by atoms with E-state index in [0.29, 0.717) is 29.5 Å². The summed E-state index contributed by atoms with van der Waals surface area (Å²) in [6.07, 6.45) is 0. The van der Waals surface area contributed by atoms with E-state index in [1.807, 2.05) is 36.4 Å². The van der Waals surface area contributed by atoms with Crippen molar-refractivity contribution in [2.75, 3.05) is 37.8 Å². The van der Waals surface area contributed by atoms with E-state index in [2.05, 4.69) is 16.0 Å². The van der Waals surface area contributed by atoms with Gasteiger partial charge in [-0.05, 0) is 24.3 Å². The van der Waals surface area contributed by atoms with Gasteiger partial charge in [0.2, 0.25) is 5.91 Å². The molecule has 0 atom stereocenters. The molecular formula is C20H24ClN3O3S. The summed E-state index contributed by atoms with van der Waals surface area (Å²) in [5, 5.41) is 9.01. The van der Waals surface area contributed by atoms with Crippen molar-refractivity contribution >= 4 is 41.7 Å². The van der Waals surface area contributed by atoms with Crippen LogP contribution < -0.4 is 20.7 Å². The summed E-state index contributed by atoms with van der Waals surface area (Å²) in [5.74, 6) is 1.17. The normalized spacial score (nSPS) is 13.0. The lowest BCUT2D eigenvalue weighted by atomic mass is 10.0. The molecule has 1 fully saturated rings. The SMILES string of the molecule is COc1cccc(NC(=O)CSc2ccccc2C(=O)NCC2CNC2)c1.Cl. The number of anilines is 1. The number of hydrogen-bond donors (Lipinski definition) is 3. The maximum Gasteiger partial charge on any atom is 0.252 e. The second kappa shape index (κ2) is 10.9. The molecule has 0 radical (unpaired) electrons. The Labute approximate surface area is 175 Å². The Morgan fingerprint density at radius 2 is 1.96 bits per heavy atom. The van der Waals surface area contributed by atoms with Crippen molar-refractivity contribution < 1.29 is 14.3 Å². The van der Waals surface area contributed by atoms with E-state index < -0.39 is 0 Å². The molecule has 1 saturated heterocycles. The third kappa shape index (κ3) is 6.15. The zero-order valence-electron chi connectivity index (χ0n) is 15.6. The van der Waals surface area contributed by atoms with Gasteiger partial charge in [-0.15, -0.1) is 24.2 Å². The molecule has 3 rings (SSSR count). The van der Waals surface area contributed by atoms with E-state index in [0.717, 1.165) is 18.0 Å². The van der Waals surface area contributed by atoms with Crippen LogP contribution in [0.5, 0.6) is 5.75 Å². The van der Waals surface area contributed by atoms with Crippen LogP contribution in [0.3, 0.4) is 0 Å². The Balaban J connectivity index is 0.00000280. The molecule has 1 aliphatic heterocycles. The summed E-state index contributed by atoms with van der Waals surface area (Å²) in [6, 6.07) is 14.6. The number of methoxy groups -OCH3 is 1. The number of carbonyl (C=O) groups excluding carboxylic acids is 2. The number of halogens is 1. The van der Waals surface area contributed by atoms with Gasteiger partial charge in [-0.25, -0.2) is 0 Å². The van der Waals surface area contributed by atoms with Crippen LogP contribution in [0.15, 0.2) is 53.4 Å². The highest BCUT2D eigenvalue weighted by Crippen LogP contribution is 2.23. The highest BCUT2D eigenvalue weighted by atomic mass is 35.5. The molecule has 1 heterocycles. The van der Waals surface area contributed by atoms with Gasteiger partial charge in [-0.2, -0.15) is 0 Å². The first-order valence-corrected chi connectivity index (χ1v) is 9.79. The lowest BCUT2D eigenvalue weighted by Gasteiger charge is -2.27. The maximum absolute atomic E-state index is 12.5. The van der Waals surface area contributed by atoms with E-state index in [4.69, 9.17) is 4.74 Å². The Morgan fingerprint density at radius 3 is 2.68 bits per heavy atom. The van der Waals surface area contributed by atoms with Crippen molar-refractivity contribution in [1.82, 2.24) is 10.6 Å². The van der Waals surface area contributed by atoms with Gasteiger partial charge in [-0.1, -0.05) is 18.2 Å². The number of nitrogens with one attached hydrogen (secondary N) is 3. The summed E-state index contributed by atoms with van der Waals surface area (Å²) in [4.78, 5) is 25.5. The van der Waals surface area contributed by atoms with Gasteiger partial charge in [0, 0.05) is 42.2 Å². The molecule has 0 spiro atoms. The van der Waals surface area contributed by atoms with Crippen LogP contribution in [0.4, 0.5) is 5.69 Å². The van der Waals surface area contributed by atoms with E-state index in [1.165, 1.54) is 11.8 Å². The molecule has 2 amide bonds. The van der Waals surface area contributed by atoms with Gasteiger partial charge in [0.25, 0.3) is 5.91 Å². The van der Waals surface area contributed by atoms with Gasteiger partial charge in [0.1, 0.15) is 5.75 Å². The summed E-state index contributed by atoms with van der Waals surface area (Å²) < 4.78 is 5.15. The number of amides is 2. The predicted molar refractivity (Wildman–Crippen MR) is 115 cm³/mol.